The van der Waals surface area contributed by atoms with Gasteiger partial charge in [0.15, 0.2) is 6.61 Å². The van der Waals surface area contributed by atoms with E-state index in [-0.39, 0.29) is 24.5 Å². The number of halogens is 2. The van der Waals surface area contributed by atoms with E-state index < -0.39 is 0 Å². The molecule has 3 aromatic carbocycles. The molecule has 3 aromatic rings. The summed E-state index contributed by atoms with van der Waals surface area (Å²) in [4.78, 5) is 13.5. The monoisotopic (exact) mass is 504 g/mol. The van der Waals surface area contributed by atoms with Gasteiger partial charge in [-0.2, -0.15) is 5.10 Å². The van der Waals surface area contributed by atoms with Crippen LogP contribution in [0.25, 0.3) is 6.08 Å². The zero-order chi connectivity index (χ0) is 24.4. The number of benzene rings is 3. The Morgan fingerprint density at radius 2 is 1.71 bits per heavy atom. The normalized spacial score (nSPS) is 20.5. The smallest absolute Gasteiger partial charge is 0.281 e. The molecule has 0 N–H and O–H groups in total. The van der Waals surface area contributed by atoms with Gasteiger partial charge in [0.2, 0.25) is 0 Å². The van der Waals surface area contributed by atoms with Crippen molar-refractivity contribution in [3.63, 3.8) is 0 Å². The molecule has 1 saturated carbocycles. The molecule has 1 heterocycles. The molecule has 0 radical (unpaired) electrons. The quantitative estimate of drug-likeness (QED) is 0.360. The third-order valence-electron chi connectivity index (χ3n) is 6.62. The molecule has 1 aliphatic heterocycles. The third-order valence-corrected chi connectivity index (χ3v) is 7.13. The van der Waals surface area contributed by atoms with Crippen LogP contribution in [0.4, 0.5) is 0 Å². The fourth-order valence-corrected chi connectivity index (χ4v) is 5.14. The molecule has 6 heteroatoms. The van der Waals surface area contributed by atoms with E-state index in [1.165, 1.54) is 0 Å². The first-order valence-electron chi connectivity index (χ1n) is 11.8. The van der Waals surface area contributed by atoms with Crippen molar-refractivity contribution in [2.75, 3.05) is 6.61 Å². The third kappa shape index (κ3) is 5.14. The molecule has 0 spiro atoms. The average Bonchev–Trinajstić information content (AvgIpc) is 3.26. The number of hydrazone groups is 1. The van der Waals surface area contributed by atoms with Gasteiger partial charge < -0.3 is 4.74 Å². The number of fused-ring (bicyclic) bond motifs is 1. The average molecular weight is 505 g/mol. The molecule has 1 amide bonds. The molecule has 0 aromatic heterocycles. The topological polar surface area (TPSA) is 41.9 Å². The minimum atomic E-state index is -0.191. The second-order valence-corrected chi connectivity index (χ2v) is 9.87. The first-order chi connectivity index (χ1) is 17.0. The lowest BCUT2D eigenvalue weighted by atomic mass is 9.77. The lowest BCUT2D eigenvalue weighted by molar-refractivity contribution is -0.135. The highest BCUT2D eigenvalue weighted by molar-refractivity contribution is 6.30. The van der Waals surface area contributed by atoms with E-state index in [4.69, 9.17) is 33.0 Å². The number of hydrogen-bond donors (Lipinski definition) is 0. The Bertz CT molecular complexity index is 1280. The number of nitrogens with zero attached hydrogens (tertiary/aromatic N) is 2. The number of aryl methyl sites for hydroxylation is 1. The minimum absolute atomic E-state index is 0.0747. The van der Waals surface area contributed by atoms with E-state index in [2.05, 4.69) is 6.08 Å². The number of ether oxygens (including phenoxy) is 1. The number of carbonyl (C=O) groups excluding carboxylic acids is 1. The molecule has 0 bridgehead atoms. The molecule has 1 aliphatic carbocycles. The SMILES string of the molecule is Cc1ccccc1OCC(=O)N1N=C2/C(=C/c3ccc(Cl)cc3)CCC[C@H]2[C@H]1c1ccc(Cl)cc1. The van der Waals surface area contributed by atoms with Gasteiger partial charge in [0.05, 0.1) is 11.8 Å². The van der Waals surface area contributed by atoms with E-state index in [1.807, 2.05) is 79.7 Å². The second-order valence-electron chi connectivity index (χ2n) is 8.99. The predicted molar refractivity (Wildman–Crippen MR) is 142 cm³/mol. The summed E-state index contributed by atoms with van der Waals surface area (Å²) < 4.78 is 5.89. The molecule has 0 saturated heterocycles. The van der Waals surface area contributed by atoms with Crippen LogP contribution in [0, 0.1) is 12.8 Å². The number of para-hydroxylation sites is 1. The van der Waals surface area contributed by atoms with Crippen molar-refractivity contribution in [2.24, 2.45) is 11.0 Å². The van der Waals surface area contributed by atoms with E-state index in [9.17, 15) is 4.79 Å². The standard InChI is InChI=1S/C29H26Cl2N2O2/c1-19-5-2-3-8-26(19)35-18-27(34)33-29(21-11-15-24(31)16-12-21)25-7-4-6-22(28(25)32-33)17-20-9-13-23(30)14-10-20/h2-3,5,8-17,25,29H,4,6-7,18H2,1H3/b22-17+/t25-,29-/m1/s1. The fourth-order valence-electron chi connectivity index (χ4n) is 4.88. The Morgan fingerprint density at radius 3 is 2.43 bits per heavy atom. The van der Waals surface area contributed by atoms with E-state index in [1.54, 1.807) is 5.01 Å². The van der Waals surface area contributed by atoms with Gasteiger partial charge in [-0.05, 0) is 84.9 Å². The van der Waals surface area contributed by atoms with Crippen molar-refractivity contribution in [3.05, 3.63) is 105 Å². The van der Waals surface area contributed by atoms with E-state index >= 15 is 0 Å². The van der Waals surface area contributed by atoms with Crippen molar-refractivity contribution in [1.82, 2.24) is 5.01 Å². The number of hydrogen-bond acceptors (Lipinski definition) is 3. The van der Waals surface area contributed by atoms with Gasteiger partial charge in [-0.3, -0.25) is 4.79 Å². The van der Waals surface area contributed by atoms with Gasteiger partial charge in [0, 0.05) is 16.0 Å². The van der Waals surface area contributed by atoms with Crippen molar-refractivity contribution in [1.29, 1.82) is 0 Å². The Kier molecular flexibility index (Phi) is 6.94. The van der Waals surface area contributed by atoms with Crippen LogP contribution < -0.4 is 4.74 Å². The molecular formula is C29H26Cl2N2O2. The maximum Gasteiger partial charge on any atom is 0.281 e. The summed E-state index contributed by atoms with van der Waals surface area (Å²) in [6, 6.07) is 23.0. The highest BCUT2D eigenvalue weighted by Crippen LogP contribution is 2.44. The molecule has 2 atom stereocenters. The van der Waals surface area contributed by atoms with Gasteiger partial charge >= 0.3 is 0 Å². The van der Waals surface area contributed by atoms with E-state index in [0.29, 0.717) is 15.8 Å². The van der Waals surface area contributed by atoms with Crippen LogP contribution in [0.1, 0.15) is 42.0 Å². The van der Waals surface area contributed by atoms with Crippen molar-refractivity contribution >= 4 is 40.9 Å². The molecule has 4 nitrogen and oxygen atoms in total. The van der Waals surface area contributed by atoms with Crippen LogP contribution in [0.3, 0.4) is 0 Å². The second kappa shape index (κ2) is 10.3. The Labute approximate surface area is 215 Å². The maximum atomic E-state index is 13.5. The summed E-state index contributed by atoms with van der Waals surface area (Å²) in [5.74, 6) is 0.656. The van der Waals surface area contributed by atoms with Crippen LogP contribution in [-0.2, 0) is 4.79 Å². The summed E-state index contributed by atoms with van der Waals surface area (Å²) in [6.07, 6.45) is 5.09. The van der Waals surface area contributed by atoms with Crippen LogP contribution >= 0.6 is 23.2 Å². The maximum absolute atomic E-state index is 13.5. The Balaban J connectivity index is 1.47. The lowest BCUT2D eigenvalue weighted by Gasteiger charge is -2.29. The minimum Gasteiger partial charge on any atom is -0.483 e. The summed E-state index contributed by atoms with van der Waals surface area (Å²) in [6.45, 7) is 1.89. The molecule has 35 heavy (non-hydrogen) atoms. The van der Waals surface area contributed by atoms with Crippen molar-refractivity contribution in [3.8, 4) is 5.75 Å². The molecular weight excluding hydrogens is 479 g/mol. The van der Waals surface area contributed by atoms with Crippen LogP contribution in [0.5, 0.6) is 5.75 Å². The van der Waals surface area contributed by atoms with Gasteiger partial charge in [-0.1, -0.05) is 65.7 Å². The first kappa shape index (κ1) is 23.7. The largest absolute Gasteiger partial charge is 0.483 e. The summed E-state index contributed by atoms with van der Waals surface area (Å²) in [7, 11) is 0. The molecule has 178 valence electrons. The zero-order valence-electron chi connectivity index (χ0n) is 19.5. The Hall–Kier alpha value is -3.08. The van der Waals surface area contributed by atoms with Gasteiger partial charge in [-0.25, -0.2) is 5.01 Å². The van der Waals surface area contributed by atoms with Crippen molar-refractivity contribution < 1.29 is 9.53 Å². The molecule has 0 unspecified atom stereocenters. The van der Waals surface area contributed by atoms with Crippen LogP contribution in [0.2, 0.25) is 10.0 Å². The number of carbonyl (C=O) groups is 1. The first-order valence-corrected chi connectivity index (χ1v) is 12.6. The van der Waals surface area contributed by atoms with Gasteiger partial charge in [0.1, 0.15) is 5.75 Å². The summed E-state index contributed by atoms with van der Waals surface area (Å²) in [5, 5.41) is 7.92. The number of amides is 1. The fraction of sp³-hybridized carbons (Fsp3) is 0.241. The van der Waals surface area contributed by atoms with Crippen LogP contribution in [-0.4, -0.2) is 23.2 Å². The van der Waals surface area contributed by atoms with Gasteiger partial charge in [0.25, 0.3) is 5.91 Å². The lowest BCUT2D eigenvalue weighted by Crippen LogP contribution is -2.34. The highest BCUT2D eigenvalue weighted by Gasteiger charge is 2.43. The van der Waals surface area contributed by atoms with Gasteiger partial charge in [-0.15, -0.1) is 0 Å². The van der Waals surface area contributed by atoms with Crippen molar-refractivity contribution in [2.45, 2.75) is 32.2 Å². The molecule has 1 fully saturated rings. The summed E-state index contributed by atoms with van der Waals surface area (Å²) in [5.41, 5.74) is 5.23. The van der Waals surface area contributed by atoms with E-state index in [0.717, 1.165) is 47.2 Å². The number of rotatable bonds is 5. The Morgan fingerprint density at radius 1 is 1.03 bits per heavy atom. The predicted octanol–water partition coefficient (Wildman–Crippen LogP) is 7.50. The highest BCUT2D eigenvalue weighted by atomic mass is 35.5. The summed E-state index contributed by atoms with van der Waals surface area (Å²) >= 11 is 12.2. The number of allylic oxidation sites excluding steroid dienone is 1. The molecule has 2 aliphatic rings. The zero-order valence-corrected chi connectivity index (χ0v) is 21.0. The molecule has 5 rings (SSSR count). The van der Waals surface area contributed by atoms with Crippen LogP contribution in [0.15, 0.2) is 83.5 Å².